The van der Waals surface area contributed by atoms with E-state index in [1.807, 2.05) is 0 Å². The van der Waals surface area contributed by atoms with E-state index in [0.717, 1.165) is 44.8 Å². The van der Waals surface area contributed by atoms with Crippen LogP contribution in [0, 0.1) is 5.92 Å². The summed E-state index contributed by atoms with van der Waals surface area (Å²) in [4.78, 5) is 9.74. The first-order valence-corrected chi connectivity index (χ1v) is 8.04. The predicted molar refractivity (Wildman–Crippen MR) is 78.5 cm³/mol. The quantitative estimate of drug-likeness (QED) is 0.867. The zero-order valence-electron chi connectivity index (χ0n) is 12.6. The summed E-state index contributed by atoms with van der Waals surface area (Å²) in [5, 5.41) is 3.44. The van der Waals surface area contributed by atoms with E-state index in [0.29, 0.717) is 5.92 Å². The van der Waals surface area contributed by atoms with Crippen LogP contribution in [0.2, 0.25) is 0 Å². The summed E-state index contributed by atoms with van der Waals surface area (Å²) >= 11 is 0. The summed E-state index contributed by atoms with van der Waals surface area (Å²) in [5.41, 5.74) is 3.83. The topological polar surface area (TPSA) is 47.0 Å². The van der Waals surface area contributed by atoms with Gasteiger partial charge in [0.05, 0.1) is 5.69 Å². The van der Waals surface area contributed by atoms with Crippen LogP contribution in [-0.4, -0.2) is 23.1 Å². The van der Waals surface area contributed by atoms with Crippen LogP contribution in [0.4, 0.5) is 0 Å². The average molecular weight is 275 g/mol. The zero-order valence-corrected chi connectivity index (χ0v) is 12.6. The minimum Gasteiger partial charge on any atom is -0.370 e. The molecule has 1 unspecified atom stereocenters. The van der Waals surface area contributed by atoms with Crippen LogP contribution >= 0.6 is 0 Å². The summed E-state index contributed by atoms with van der Waals surface area (Å²) in [6.07, 6.45) is 5.83. The molecule has 2 heterocycles. The Hall–Kier alpha value is -1.00. The third-order valence-electron chi connectivity index (χ3n) is 4.17. The number of nitrogens with one attached hydrogen (secondary N) is 1. The van der Waals surface area contributed by atoms with Crippen molar-refractivity contribution in [1.82, 2.24) is 15.3 Å². The maximum Gasteiger partial charge on any atom is 0.157 e. The lowest BCUT2D eigenvalue weighted by atomic mass is 10.0. The molecule has 3 rings (SSSR count). The number of hydrogen-bond donors (Lipinski definition) is 1. The van der Waals surface area contributed by atoms with Gasteiger partial charge in [0.25, 0.3) is 0 Å². The number of hydrogen-bond acceptors (Lipinski definition) is 4. The molecule has 1 atom stereocenters. The molecule has 1 N–H and O–H groups in total. The fourth-order valence-corrected chi connectivity index (χ4v) is 3.00. The molecule has 1 aliphatic carbocycles. The average Bonchev–Trinajstić information content (AvgIpc) is 3.29. The summed E-state index contributed by atoms with van der Waals surface area (Å²) in [7, 11) is 0. The molecule has 0 amide bonds. The normalized spacial score (nSPS) is 19.7. The highest BCUT2D eigenvalue weighted by atomic mass is 16.5. The van der Waals surface area contributed by atoms with E-state index in [9.17, 15) is 0 Å². The molecule has 110 valence electrons. The molecule has 2 aliphatic rings. The van der Waals surface area contributed by atoms with Gasteiger partial charge in [0.2, 0.25) is 0 Å². The Labute approximate surface area is 121 Å². The monoisotopic (exact) mass is 275 g/mol. The second-order valence-electron chi connectivity index (χ2n) is 5.84. The molecule has 0 bridgehead atoms. The van der Waals surface area contributed by atoms with E-state index in [-0.39, 0.29) is 6.10 Å². The van der Waals surface area contributed by atoms with Crippen molar-refractivity contribution >= 4 is 0 Å². The largest absolute Gasteiger partial charge is 0.370 e. The maximum absolute atomic E-state index is 5.94. The molecule has 1 saturated carbocycles. The Morgan fingerprint density at radius 1 is 1.30 bits per heavy atom. The third-order valence-corrected chi connectivity index (χ3v) is 4.17. The van der Waals surface area contributed by atoms with Gasteiger partial charge in [0.1, 0.15) is 6.10 Å². The Balaban J connectivity index is 1.95. The van der Waals surface area contributed by atoms with Crippen molar-refractivity contribution in [2.24, 2.45) is 5.92 Å². The molecule has 1 fully saturated rings. The Bertz CT molecular complexity index is 471. The lowest BCUT2D eigenvalue weighted by Crippen LogP contribution is -2.28. The minimum atomic E-state index is 0.121. The van der Waals surface area contributed by atoms with Crippen LogP contribution in [0.1, 0.15) is 62.0 Å². The van der Waals surface area contributed by atoms with E-state index in [2.05, 4.69) is 19.2 Å². The lowest BCUT2D eigenvalue weighted by molar-refractivity contribution is 0.0396. The molecule has 0 aromatic carbocycles. The highest BCUT2D eigenvalue weighted by molar-refractivity contribution is 5.29. The van der Waals surface area contributed by atoms with E-state index >= 15 is 0 Å². The van der Waals surface area contributed by atoms with Gasteiger partial charge in [0.15, 0.2) is 5.82 Å². The Morgan fingerprint density at radius 3 is 2.85 bits per heavy atom. The van der Waals surface area contributed by atoms with Gasteiger partial charge in [-0.15, -0.1) is 0 Å². The van der Waals surface area contributed by atoms with Crippen LogP contribution in [0.25, 0.3) is 0 Å². The van der Waals surface area contributed by atoms with Crippen molar-refractivity contribution in [2.75, 3.05) is 13.2 Å². The summed E-state index contributed by atoms with van der Waals surface area (Å²) in [5.74, 6) is 1.59. The number of aromatic nitrogens is 2. The number of nitrogens with zero attached hydrogens (tertiary/aromatic N) is 2. The summed E-state index contributed by atoms with van der Waals surface area (Å²) in [6, 6.07) is 0. The molecule has 0 saturated heterocycles. The Kier molecular flexibility index (Phi) is 4.32. The van der Waals surface area contributed by atoms with E-state index in [1.165, 1.54) is 29.8 Å². The molecule has 4 nitrogen and oxygen atoms in total. The second-order valence-corrected chi connectivity index (χ2v) is 5.84. The smallest absolute Gasteiger partial charge is 0.157 e. The van der Waals surface area contributed by atoms with Crippen molar-refractivity contribution < 1.29 is 4.74 Å². The SMILES string of the molecule is CCCc1nc(C(OCC)C2CC2)nc2c1CNCC2. The van der Waals surface area contributed by atoms with E-state index in [4.69, 9.17) is 14.7 Å². The Morgan fingerprint density at radius 2 is 2.15 bits per heavy atom. The standard InChI is InChI=1S/C16H25N3O/c1-3-5-13-12-10-17-9-8-14(12)19-16(18-13)15(20-4-2)11-6-7-11/h11,15,17H,3-10H2,1-2H3. The van der Waals surface area contributed by atoms with Crippen molar-refractivity contribution in [3.63, 3.8) is 0 Å². The van der Waals surface area contributed by atoms with Crippen LogP contribution in [0.5, 0.6) is 0 Å². The van der Waals surface area contributed by atoms with Crippen LogP contribution in [0.3, 0.4) is 0 Å². The number of rotatable bonds is 6. The lowest BCUT2D eigenvalue weighted by Gasteiger charge is -2.23. The van der Waals surface area contributed by atoms with Crippen LogP contribution < -0.4 is 5.32 Å². The second kappa shape index (κ2) is 6.19. The van der Waals surface area contributed by atoms with Crippen LogP contribution in [0.15, 0.2) is 0 Å². The first-order chi connectivity index (χ1) is 9.83. The van der Waals surface area contributed by atoms with Crippen molar-refractivity contribution in [2.45, 2.75) is 58.6 Å². The zero-order chi connectivity index (χ0) is 13.9. The molecule has 20 heavy (non-hydrogen) atoms. The number of ether oxygens (including phenoxy) is 1. The molecule has 1 aromatic rings. The van der Waals surface area contributed by atoms with Gasteiger partial charge < -0.3 is 10.1 Å². The van der Waals surface area contributed by atoms with Gasteiger partial charge >= 0.3 is 0 Å². The van der Waals surface area contributed by atoms with Gasteiger partial charge in [-0.1, -0.05) is 13.3 Å². The highest BCUT2D eigenvalue weighted by Gasteiger charge is 2.35. The highest BCUT2D eigenvalue weighted by Crippen LogP contribution is 2.42. The van der Waals surface area contributed by atoms with Crippen molar-refractivity contribution in [3.05, 3.63) is 22.8 Å². The van der Waals surface area contributed by atoms with Gasteiger partial charge in [0, 0.05) is 37.4 Å². The predicted octanol–water partition coefficient (Wildman–Crippen LogP) is 2.56. The summed E-state index contributed by atoms with van der Waals surface area (Å²) < 4.78 is 5.94. The first-order valence-electron chi connectivity index (χ1n) is 8.04. The van der Waals surface area contributed by atoms with E-state index < -0.39 is 0 Å². The van der Waals surface area contributed by atoms with Crippen molar-refractivity contribution in [3.8, 4) is 0 Å². The number of aryl methyl sites for hydroxylation is 1. The molecule has 1 aromatic heterocycles. The molecular formula is C16H25N3O. The molecule has 1 aliphatic heterocycles. The van der Waals surface area contributed by atoms with Gasteiger partial charge in [-0.05, 0) is 32.1 Å². The molecule has 0 spiro atoms. The maximum atomic E-state index is 5.94. The molecule has 4 heteroatoms. The van der Waals surface area contributed by atoms with E-state index in [1.54, 1.807) is 0 Å². The summed E-state index contributed by atoms with van der Waals surface area (Å²) in [6.45, 7) is 6.97. The van der Waals surface area contributed by atoms with Crippen molar-refractivity contribution in [1.29, 1.82) is 0 Å². The van der Waals surface area contributed by atoms with Gasteiger partial charge in [-0.3, -0.25) is 0 Å². The van der Waals surface area contributed by atoms with Crippen LogP contribution in [-0.2, 0) is 24.1 Å². The third kappa shape index (κ3) is 2.86. The number of fused-ring (bicyclic) bond motifs is 1. The molecule has 0 radical (unpaired) electrons. The molecular weight excluding hydrogens is 250 g/mol. The van der Waals surface area contributed by atoms with Gasteiger partial charge in [-0.25, -0.2) is 9.97 Å². The fraction of sp³-hybridized carbons (Fsp3) is 0.750. The fourth-order valence-electron chi connectivity index (χ4n) is 3.00. The minimum absolute atomic E-state index is 0.121. The van der Waals surface area contributed by atoms with Gasteiger partial charge in [-0.2, -0.15) is 0 Å². The first kappa shape index (κ1) is 14.0.